The fourth-order valence-corrected chi connectivity index (χ4v) is 13.9. The fourth-order valence-electron chi connectivity index (χ4n) is 13.9. The van der Waals surface area contributed by atoms with Crippen molar-refractivity contribution in [3.8, 4) is 11.1 Å². The Morgan fingerprint density at radius 3 is 1.27 bits per heavy atom. The van der Waals surface area contributed by atoms with Crippen LogP contribution in [0.25, 0.3) is 11.1 Å². The van der Waals surface area contributed by atoms with Crippen LogP contribution >= 0.6 is 0 Å². The van der Waals surface area contributed by atoms with Gasteiger partial charge in [-0.3, -0.25) is 0 Å². The van der Waals surface area contributed by atoms with Crippen LogP contribution in [0.2, 0.25) is 0 Å². The normalized spacial score (nSPS) is 17.1. The molecule has 8 aromatic rings. The zero-order valence-corrected chi connectivity index (χ0v) is 46.4. The molecule has 0 saturated heterocycles. The van der Waals surface area contributed by atoms with Crippen molar-refractivity contribution in [2.75, 3.05) is 9.80 Å². The van der Waals surface area contributed by atoms with E-state index in [1.165, 1.54) is 128 Å². The average molecular weight is 953 g/mol. The molecule has 12 rings (SSSR count). The molecule has 0 amide bonds. The van der Waals surface area contributed by atoms with Crippen molar-refractivity contribution < 1.29 is 0 Å². The number of rotatable bonds is 3. The van der Waals surface area contributed by atoms with Gasteiger partial charge >= 0.3 is 0 Å². The van der Waals surface area contributed by atoms with E-state index in [0.29, 0.717) is 0 Å². The van der Waals surface area contributed by atoms with E-state index >= 15 is 0 Å². The second kappa shape index (κ2) is 15.5. The Kier molecular flexibility index (Phi) is 10.1. The molecule has 2 heterocycles. The van der Waals surface area contributed by atoms with Crippen LogP contribution in [0.3, 0.4) is 0 Å². The van der Waals surface area contributed by atoms with Crippen LogP contribution in [-0.4, -0.2) is 6.71 Å². The van der Waals surface area contributed by atoms with E-state index in [0.717, 1.165) is 0 Å². The van der Waals surface area contributed by atoms with E-state index in [2.05, 4.69) is 272 Å². The summed E-state index contributed by atoms with van der Waals surface area (Å²) >= 11 is 0. The number of benzene rings is 8. The highest BCUT2D eigenvalue weighted by molar-refractivity contribution is 7.00. The molecule has 0 spiro atoms. The molecule has 73 heavy (non-hydrogen) atoms. The monoisotopic (exact) mass is 953 g/mol. The van der Waals surface area contributed by atoms with Crippen LogP contribution in [0.4, 0.5) is 34.1 Å². The Morgan fingerprint density at radius 2 is 0.767 bits per heavy atom. The summed E-state index contributed by atoms with van der Waals surface area (Å²) in [5, 5.41) is 0. The number of anilines is 6. The van der Waals surface area contributed by atoms with Crippen molar-refractivity contribution in [3.05, 3.63) is 218 Å². The standard InChI is InChI=1S/C70H73BN2/c1-42-34-62-64-63(35-42)73(60-40-54-52(36-43(60)2)67(9,10)48-26-20-22-28-50(48)69(54,13)14)59-33-31-46(66(6,7)8)38-56(59)71(64)57-39-53-55(70(15,16)51-29-23-21-27-49(51)68(53,11)12)41-61(57)72(62)58-32-30-45(65(3,4)5)37-47(58)44-24-18-17-19-25-44/h17-41H,1-16H3. The summed E-state index contributed by atoms with van der Waals surface area (Å²) in [6.07, 6.45) is 0. The molecule has 0 unspecified atom stereocenters. The first-order valence-electron chi connectivity index (χ1n) is 27.0. The Bertz CT molecular complexity index is 3630. The van der Waals surface area contributed by atoms with Gasteiger partial charge in [-0.2, -0.15) is 0 Å². The number of hydrogen-bond donors (Lipinski definition) is 0. The van der Waals surface area contributed by atoms with Gasteiger partial charge in [-0.05, 0) is 156 Å². The minimum atomic E-state index is -0.230. The largest absolute Gasteiger partial charge is 0.311 e. The van der Waals surface area contributed by atoms with Crippen molar-refractivity contribution in [1.82, 2.24) is 0 Å². The highest BCUT2D eigenvalue weighted by Crippen LogP contribution is 2.56. The molecule has 0 bridgehead atoms. The zero-order chi connectivity index (χ0) is 51.7. The van der Waals surface area contributed by atoms with Gasteiger partial charge in [0.2, 0.25) is 0 Å². The summed E-state index contributed by atoms with van der Waals surface area (Å²) in [4.78, 5) is 5.37. The molecule has 0 saturated carbocycles. The van der Waals surface area contributed by atoms with Gasteiger partial charge in [0.1, 0.15) is 0 Å². The van der Waals surface area contributed by atoms with E-state index in [1.807, 2.05) is 0 Å². The Balaban J connectivity index is 1.21. The smallest absolute Gasteiger partial charge is 0.252 e. The van der Waals surface area contributed by atoms with Crippen LogP contribution in [0.15, 0.2) is 152 Å². The summed E-state index contributed by atoms with van der Waals surface area (Å²) in [6, 6.07) is 59.8. The number of fused-ring (bicyclic) bond motifs is 8. The number of hydrogen-bond acceptors (Lipinski definition) is 2. The van der Waals surface area contributed by atoms with Gasteiger partial charge in [0.25, 0.3) is 6.71 Å². The van der Waals surface area contributed by atoms with Gasteiger partial charge in [-0.1, -0.05) is 206 Å². The molecule has 2 aliphatic heterocycles. The highest BCUT2D eigenvalue weighted by atomic mass is 15.2. The summed E-state index contributed by atoms with van der Waals surface area (Å²) in [5.74, 6) is 0. The molecule has 366 valence electrons. The van der Waals surface area contributed by atoms with Crippen LogP contribution in [0, 0.1) is 13.8 Å². The average Bonchev–Trinajstić information content (AvgIpc) is 3.34. The molecule has 0 N–H and O–H groups in total. The van der Waals surface area contributed by atoms with Gasteiger partial charge in [0.15, 0.2) is 0 Å². The van der Waals surface area contributed by atoms with Crippen molar-refractivity contribution >= 4 is 57.2 Å². The minimum Gasteiger partial charge on any atom is -0.311 e. The molecule has 0 atom stereocenters. The van der Waals surface area contributed by atoms with Gasteiger partial charge in [0.05, 0.1) is 5.69 Å². The highest BCUT2D eigenvalue weighted by Gasteiger charge is 2.49. The Hall–Kier alpha value is -6.58. The molecule has 2 aliphatic carbocycles. The summed E-state index contributed by atoms with van der Waals surface area (Å²) < 4.78 is 0. The maximum Gasteiger partial charge on any atom is 0.252 e. The fraction of sp³-hybridized carbons (Fsp3) is 0.314. The summed E-state index contributed by atoms with van der Waals surface area (Å²) in [7, 11) is 0. The second-order valence-electron chi connectivity index (χ2n) is 26.4. The second-order valence-corrected chi connectivity index (χ2v) is 26.4. The molecule has 0 aromatic heterocycles. The Morgan fingerprint density at radius 1 is 0.356 bits per heavy atom. The van der Waals surface area contributed by atoms with E-state index in [-0.39, 0.29) is 39.2 Å². The van der Waals surface area contributed by atoms with Crippen molar-refractivity contribution in [2.24, 2.45) is 0 Å². The molecular formula is C70H73BN2. The lowest BCUT2D eigenvalue weighted by Crippen LogP contribution is -2.62. The van der Waals surface area contributed by atoms with Crippen LogP contribution in [0.1, 0.15) is 164 Å². The Labute approximate surface area is 437 Å². The third kappa shape index (κ3) is 6.75. The van der Waals surface area contributed by atoms with Crippen molar-refractivity contribution in [3.63, 3.8) is 0 Å². The predicted molar refractivity (Wildman–Crippen MR) is 314 cm³/mol. The van der Waals surface area contributed by atoms with E-state index in [9.17, 15) is 0 Å². The van der Waals surface area contributed by atoms with Crippen LogP contribution in [-0.2, 0) is 32.5 Å². The zero-order valence-electron chi connectivity index (χ0n) is 46.4. The third-order valence-corrected chi connectivity index (χ3v) is 18.2. The van der Waals surface area contributed by atoms with Gasteiger partial charge in [-0.25, -0.2) is 0 Å². The predicted octanol–water partition coefficient (Wildman–Crippen LogP) is 16.6. The molecule has 0 radical (unpaired) electrons. The van der Waals surface area contributed by atoms with Gasteiger partial charge in [0, 0.05) is 55.7 Å². The third-order valence-electron chi connectivity index (χ3n) is 18.2. The molecule has 2 nitrogen and oxygen atoms in total. The summed E-state index contributed by atoms with van der Waals surface area (Å²) in [5.41, 5.74) is 29.7. The van der Waals surface area contributed by atoms with E-state index in [1.54, 1.807) is 0 Å². The van der Waals surface area contributed by atoms with Crippen molar-refractivity contribution in [2.45, 2.75) is 143 Å². The lowest BCUT2D eigenvalue weighted by molar-refractivity contribution is 0.520. The maximum atomic E-state index is 2.69. The van der Waals surface area contributed by atoms with E-state index < -0.39 is 0 Å². The van der Waals surface area contributed by atoms with Crippen LogP contribution in [0.5, 0.6) is 0 Å². The molecule has 8 aromatic carbocycles. The molecule has 4 aliphatic rings. The lowest BCUT2D eigenvalue weighted by atomic mass is 9.33. The van der Waals surface area contributed by atoms with Crippen molar-refractivity contribution in [1.29, 1.82) is 0 Å². The SMILES string of the molecule is Cc1cc2c3c(c1)N(c1ccc(C(C)(C)C)cc1-c1ccccc1)c1cc4c(cc1B3c1cc(C(C)(C)C)ccc1N2c1cc2c(cc1C)C(C)(C)c1ccccc1C2(C)C)C(C)(C)c1ccccc1C4(C)C. The quantitative estimate of drug-likeness (QED) is 0.163. The lowest BCUT2D eigenvalue weighted by Gasteiger charge is -2.49. The molecule has 0 fully saturated rings. The summed E-state index contributed by atoms with van der Waals surface area (Å²) in [6.45, 7) is 38.3. The maximum absolute atomic E-state index is 2.69. The number of nitrogens with zero attached hydrogens (tertiary/aromatic N) is 2. The van der Waals surface area contributed by atoms with Gasteiger partial charge < -0.3 is 9.80 Å². The minimum absolute atomic E-state index is 0.0269. The first kappa shape index (κ1) is 47.4. The van der Waals surface area contributed by atoms with Crippen LogP contribution < -0.4 is 26.2 Å². The van der Waals surface area contributed by atoms with E-state index in [4.69, 9.17) is 0 Å². The first-order valence-corrected chi connectivity index (χ1v) is 27.0. The topological polar surface area (TPSA) is 6.48 Å². The number of aryl methyl sites for hydroxylation is 2. The van der Waals surface area contributed by atoms with Gasteiger partial charge in [-0.15, -0.1) is 0 Å². The molecular weight excluding hydrogens is 880 g/mol. The molecule has 3 heteroatoms. The first-order chi connectivity index (χ1) is 34.3.